The normalized spacial score (nSPS) is 16.8. The molecule has 1 atom stereocenters. The molecule has 25 heavy (non-hydrogen) atoms. The number of nitrogens with zero attached hydrogens (tertiary/aromatic N) is 1. The molecule has 0 aliphatic carbocycles. The van der Waals surface area contributed by atoms with Crippen LogP contribution in [0.3, 0.4) is 0 Å². The number of nitrogens with one attached hydrogen (secondary N) is 2. The van der Waals surface area contributed by atoms with Crippen LogP contribution in [0.4, 0.5) is 0 Å². The van der Waals surface area contributed by atoms with Gasteiger partial charge in [-0.1, -0.05) is 30.3 Å². The van der Waals surface area contributed by atoms with Gasteiger partial charge in [0.25, 0.3) is 5.91 Å². The van der Waals surface area contributed by atoms with E-state index < -0.39 is 5.92 Å². The summed E-state index contributed by atoms with van der Waals surface area (Å²) < 4.78 is 0.835. The zero-order valence-corrected chi connectivity index (χ0v) is 15.6. The number of rotatable bonds is 4. The first kappa shape index (κ1) is 17.6. The summed E-state index contributed by atoms with van der Waals surface area (Å²) in [7, 11) is 0. The minimum atomic E-state index is -0.466. The summed E-state index contributed by atoms with van der Waals surface area (Å²) >= 11 is 4.56. The fourth-order valence-corrected chi connectivity index (χ4v) is 3.90. The SMILES string of the molecule is O=C(NNC(=O)[C@@H]1CC(=O)N(Cc2ccccc2)C1)c1ccc(Br)s1. The van der Waals surface area contributed by atoms with E-state index in [1.54, 1.807) is 17.0 Å². The number of carbonyl (C=O) groups is 3. The van der Waals surface area contributed by atoms with E-state index in [1.807, 2.05) is 30.3 Å². The zero-order valence-electron chi connectivity index (χ0n) is 13.2. The molecule has 2 N–H and O–H groups in total. The molecule has 1 aromatic heterocycles. The minimum absolute atomic E-state index is 0.0579. The summed E-state index contributed by atoms with van der Waals surface area (Å²) in [5.74, 6) is -1.26. The Morgan fingerprint density at radius 3 is 2.60 bits per heavy atom. The molecule has 2 heterocycles. The van der Waals surface area contributed by atoms with Gasteiger partial charge in [-0.2, -0.15) is 0 Å². The number of hydrazine groups is 1. The van der Waals surface area contributed by atoms with Gasteiger partial charge < -0.3 is 4.90 Å². The van der Waals surface area contributed by atoms with Crippen molar-refractivity contribution in [1.29, 1.82) is 0 Å². The highest BCUT2D eigenvalue weighted by atomic mass is 79.9. The van der Waals surface area contributed by atoms with Crippen molar-refractivity contribution in [1.82, 2.24) is 15.8 Å². The van der Waals surface area contributed by atoms with Crippen molar-refractivity contribution in [2.75, 3.05) is 6.54 Å². The smallest absolute Gasteiger partial charge is 0.279 e. The van der Waals surface area contributed by atoms with Gasteiger partial charge in [0.2, 0.25) is 11.8 Å². The lowest BCUT2D eigenvalue weighted by Crippen LogP contribution is -2.44. The van der Waals surface area contributed by atoms with Crippen molar-refractivity contribution in [3.8, 4) is 0 Å². The van der Waals surface area contributed by atoms with Gasteiger partial charge >= 0.3 is 0 Å². The van der Waals surface area contributed by atoms with E-state index >= 15 is 0 Å². The van der Waals surface area contributed by atoms with Crippen LogP contribution in [0, 0.1) is 5.92 Å². The molecule has 1 saturated heterocycles. The summed E-state index contributed by atoms with van der Waals surface area (Å²) in [6.07, 6.45) is 0.152. The van der Waals surface area contributed by atoms with Crippen molar-refractivity contribution in [3.05, 3.63) is 56.7 Å². The molecular formula is C17H16BrN3O3S. The van der Waals surface area contributed by atoms with E-state index in [2.05, 4.69) is 26.8 Å². The number of thiophene rings is 1. The van der Waals surface area contributed by atoms with Gasteiger partial charge in [0, 0.05) is 19.5 Å². The van der Waals surface area contributed by atoms with Crippen LogP contribution in [0.15, 0.2) is 46.3 Å². The van der Waals surface area contributed by atoms with Crippen molar-refractivity contribution >= 4 is 45.0 Å². The number of likely N-dealkylation sites (tertiary alicyclic amines) is 1. The van der Waals surface area contributed by atoms with Crippen LogP contribution in [0.25, 0.3) is 0 Å². The van der Waals surface area contributed by atoms with E-state index in [4.69, 9.17) is 0 Å². The lowest BCUT2D eigenvalue weighted by Gasteiger charge is -2.16. The Morgan fingerprint density at radius 1 is 1.16 bits per heavy atom. The van der Waals surface area contributed by atoms with Crippen LogP contribution in [0.5, 0.6) is 0 Å². The summed E-state index contributed by atoms with van der Waals surface area (Å²) in [5.41, 5.74) is 5.82. The highest BCUT2D eigenvalue weighted by molar-refractivity contribution is 9.11. The zero-order chi connectivity index (χ0) is 17.8. The van der Waals surface area contributed by atoms with Gasteiger partial charge in [-0.25, -0.2) is 0 Å². The third-order valence-corrected chi connectivity index (χ3v) is 5.52. The molecule has 0 unspecified atom stereocenters. The van der Waals surface area contributed by atoms with Crippen molar-refractivity contribution < 1.29 is 14.4 Å². The minimum Gasteiger partial charge on any atom is -0.338 e. The standard InChI is InChI=1S/C17H16BrN3O3S/c18-14-7-6-13(25-14)17(24)20-19-16(23)12-8-15(22)21(10-12)9-11-4-2-1-3-5-11/h1-7,12H,8-10H2,(H,19,23)(H,20,24)/t12-/m1/s1. The van der Waals surface area contributed by atoms with Gasteiger partial charge in [0.1, 0.15) is 0 Å². The highest BCUT2D eigenvalue weighted by Gasteiger charge is 2.34. The van der Waals surface area contributed by atoms with E-state index in [1.165, 1.54) is 11.3 Å². The van der Waals surface area contributed by atoms with Crippen molar-refractivity contribution in [3.63, 3.8) is 0 Å². The van der Waals surface area contributed by atoms with Gasteiger partial charge in [0.15, 0.2) is 0 Å². The first-order valence-corrected chi connectivity index (χ1v) is 9.31. The average Bonchev–Trinajstić information content (AvgIpc) is 3.20. The maximum Gasteiger partial charge on any atom is 0.279 e. The second kappa shape index (κ2) is 7.79. The number of amides is 3. The molecule has 0 spiro atoms. The summed E-state index contributed by atoms with van der Waals surface area (Å²) in [5, 5.41) is 0. The van der Waals surface area contributed by atoms with Gasteiger partial charge in [-0.15, -0.1) is 11.3 Å². The molecule has 1 fully saturated rings. The number of halogens is 1. The lowest BCUT2D eigenvalue weighted by atomic mass is 10.1. The summed E-state index contributed by atoms with van der Waals surface area (Å²) in [4.78, 5) is 38.4. The number of hydrogen-bond acceptors (Lipinski definition) is 4. The molecule has 1 aromatic carbocycles. The summed E-state index contributed by atoms with van der Waals surface area (Å²) in [6.45, 7) is 0.832. The highest BCUT2D eigenvalue weighted by Crippen LogP contribution is 2.22. The monoisotopic (exact) mass is 421 g/mol. The molecule has 0 saturated carbocycles. The second-order valence-electron chi connectivity index (χ2n) is 5.71. The number of benzene rings is 1. The fraction of sp³-hybridized carbons (Fsp3) is 0.235. The topological polar surface area (TPSA) is 78.5 Å². The van der Waals surface area contributed by atoms with Gasteiger partial charge in [0.05, 0.1) is 14.6 Å². The molecule has 0 bridgehead atoms. The molecule has 2 aromatic rings. The molecule has 3 amide bonds. The maximum atomic E-state index is 12.2. The Labute approximate surface area is 157 Å². The van der Waals surface area contributed by atoms with E-state index in [9.17, 15) is 14.4 Å². The molecule has 0 radical (unpaired) electrons. The van der Waals surface area contributed by atoms with Crippen LogP contribution >= 0.6 is 27.3 Å². The number of carbonyl (C=O) groups excluding carboxylic acids is 3. The molecule has 1 aliphatic rings. The molecular weight excluding hydrogens is 406 g/mol. The molecule has 3 rings (SSSR count). The Kier molecular flexibility index (Phi) is 5.50. The van der Waals surface area contributed by atoms with E-state index in [0.717, 1.165) is 9.35 Å². The van der Waals surface area contributed by atoms with E-state index in [0.29, 0.717) is 18.0 Å². The Hall–Kier alpha value is -2.19. The largest absolute Gasteiger partial charge is 0.338 e. The predicted molar refractivity (Wildman–Crippen MR) is 97.6 cm³/mol. The third kappa shape index (κ3) is 4.46. The number of hydrogen-bond donors (Lipinski definition) is 2. The van der Waals surface area contributed by atoms with Gasteiger partial charge in [-0.3, -0.25) is 25.2 Å². The van der Waals surface area contributed by atoms with Crippen LogP contribution in [0.2, 0.25) is 0 Å². The Balaban J connectivity index is 1.51. The van der Waals surface area contributed by atoms with Crippen LogP contribution < -0.4 is 10.9 Å². The molecule has 1 aliphatic heterocycles. The molecule has 8 heteroatoms. The second-order valence-corrected chi connectivity index (χ2v) is 8.17. The van der Waals surface area contributed by atoms with Crippen LogP contribution in [-0.2, 0) is 16.1 Å². The first-order chi connectivity index (χ1) is 12.0. The summed E-state index contributed by atoms with van der Waals surface area (Å²) in [6, 6.07) is 13.1. The molecule has 6 nitrogen and oxygen atoms in total. The van der Waals surface area contributed by atoms with Crippen LogP contribution in [0.1, 0.15) is 21.7 Å². The van der Waals surface area contributed by atoms with E-state index in [-0.39, 0.29) is 24.1 Å². The third-order valence-electron chi connectivity index (χ3n) is 3.90. The van der Waals surface area contributed by atoms with Crippen LogP contribution in [-0.4, -0.2) is 29.2 Å². The lowest BCUT2D eigenvalue weighted by molar-refractivity contribution is -0.129. The Morgan fingerprint density at radius 2 is 1.92 bits per heavy atom. The quantitative estimate of drug-likeness (QED) is 0.743. The maximum absolute atomic E-state index is 12.2. The fourth-order valence-electron chi connectivity index (χ4n) is 2.62. The first-order valence-electron chi connectivity index (χ1n) is 7.70. The van der Waals surface area contributed by atoms with Crippen molar-refractivity contribution in [2.45, 2.75) is 13.0 Å². The Bertz CT molecular complexity index is 793. The predicted octanol–water partition coefficient (Wildman–Crippen LogP) is 2.32. The van der Waals surface area contributed by atoms with Crippen molar-refractivity contribution in [2.24, 2.45) is 5.92 Å². The average molecular weight is 422 g/mol. The van der Waals surface area contributed by atoms with Gasteiger partial charge in [-0.05, 0) is 33.6 Å². The molecule has 130 valence electrons.